The average molecular weight is 363 g/mol. The fourth-order valence-electron chi connectivity index (χ4n) is 2.77. The molecular weight excluding hydrogens is 345 g/mol. The molecule has 9 heteroatoms. The highest BCUT2D eigenvalue weighted by Crippen LogP contribution is 2.40. The van der Waals surface area contributed by atoms with Crippen LogP contribution in [0.2, 0.25) is 0 Å². The van der Waals surface area contributed by atoms with Gasteiger partial charge in [0.1, 0.15) is 24.6 Å². The monoisotopic (exact) mass is 363 g/mol. The average Bonchev–Trinajstić information content (AvgIpc) is 2.84. The third-order valence-electron chi connectivity index (χ3n) is 4.21. The lowest BCUT2D eigenvalue weighted by molar-refractivity contribution is -0.0645. The van der Waals surface area contributed by atoms with Gasteiger partial charge in [-0.2, -0.15) is 4.98 Å². The van der Waals surface area contributed by atoms with Crippen LogP contribution in [0.1, 0.15) is 23.5 Å². The first kappa shape index (κ1) is 18.0. The van der Waals surface area contributed by atoms with E-state index < -0.39 is 35.8 Å². The van der Waals surface area contributed by atoms with Crippen molar-refractivity contribution in [2.45, 2.75) is 31.0 Å². The number of nitrogens with zero attached hydrogens (tertiary/aromatic N) is 2. The van der Waals surface area contributed by atoms with E-state index in [-0.39, 0.29) is 12.4 Å². The molecule has 0 spiro atoms. The first-order valence-corrected chi connectivity index (χ1v) is 7.90. The number of carbonyl (C=O) groups excluding carboxylic acids is 1. The SMILES string of the molecule is CC1(F)C(O)[C@@H](COC(=O)c2ccccc2)O[C@H]1n1ccc(N)nc1=O. The number of alkyl halides is 1. The molecule has 3 N–H and O–H groups in total. The summed E-state index contributed by atoms with van der Waals surface area (Å²) in [7, 11) is 0. The number of aliphatic hydroxyl groups is 1. The van der Waals surface area contributed by atoms with Crippen LogP contribution in [0.4, 0.5) is 10.2 Å². The van der Waals surface area contributed by atoms with Gasteiger partial charge in [-0.1, -0.05) is 18.2 Å². The number of rotatable bonds is 4. The minimum Gasteiger partial charge on any atom is -0.459 e. The van der Waals surface area contributed by atoms with Crippen molar-refractivity contribution in [3.05, 3.63) is 58.6 Å². The fraction of sp³-hybridized carbons (Fsp3) is 0.353. The molecule has 1 saturated heterocycles. The van der Waals surface area contributed by atoms with Gasteiger partial charge in [0, 0.05) is 6.20 Å². The van der Waals surface area contributed by atoms with Crippen molar-refractivity contribution in [2.24, 2.45) is 0 Å². The summed E-state index contributed by atoms with van der Waals surface area (Å²) in [5, 5.41) is 10.2. The topological polar surface area (TPSA) is 117 Å². The Bertz CT molecular complexity index is 855. The van der Waals surface area contributed by atoms with Gasteiger partial charge in [-0.3, -0.25) is 4.57 Å². The Morgan fingerprint density at radius 2 is 2.12 bits per heavy atom. The lowest BCUT2D eigenvalue weighted by Gasteiger charge is -2.24. The van der Waals surface area contributed by atoms with Crippen LogP contribution in [0.15, 0.2) is 47.4 Å². The summed E-state index contributed by atoms with van der Waals surface area (Å²) in [5.41, 5.74) is 2.62. The van der Waals surface area contributed by atoms with Crippen LogP contribution >= 0.6 is 0 Å². The molecule has 1 aliphatic rings. The van der Waals surface area contributed by atoms with Gasteiger partial charge in [0.2, 0.25) is 0 Å². The predicted octanol–water partition coefficient (Wildman–Crippen LogP) is 0.669. The molecule has 0 bridgehead atoms. The van der Waals surface area contributed by atoms with E-state index in [0.29, 0.717) is 5.56 Å². The van der Waals surface area contributed by atoms with Gasteiger partial charge in [0.25, 0.3) is 0 Å². The molecule has 0 saturated carbocycles. The van der Waals surface area contributed by atoms with Gasteiger partial charge in [0.15, 0.2) is 11.9 Å². The predicted molar refractivity (Wildman–Crippen MR) is 89.1 cm³/mol. The molecular formula is C17H18FN3O5. The highest BCUT2D eigenvalue weighted by molar-refractivity contribution is 5.89. The van der Waals surface area contributed by atoms with Gasteiger partial charge < -0.3 is 20.3 Å². The van der Waals surface area contributed by atoms with E-state index in [9.17, 15) is 19.1 Å². The number of ether oxygens (including phenoxy) is 2. The molecule has 0 aliphatic carbocycles. The van der Waals surface area contributed by atoms with Gasteiger partial charge in [-0.05, 0) is 25.1 Å². The fourth-order valence-corrected chi connectivity index (χ4v) is 2.77. The lowest BCUT2D eigenvalue weighted by Crippen LogP contribution is -2.43. The van der Waals surface area contributed by atoms with Crippen LogP contribution < -0.4 is 11.4 Å². The zero-order chi connectivity index (χ0) is 18.9. The molecule has 1 aromatic heterocycles. The van der Waals surface area contributed by atoms with Crippen molar-refractivity contribution in [1.82, 2.24) is 9.55 Å². The van der Waals surface area contributed by atoms with Gasteiger partial charge >= 0.3 is 11.7 Å². The largest absolute Gasteiger partial charge is 0.459 e. The quantitative estimate of drug-likeness (QED) is 0.767. The molecule has 1 aliphatic heterocycles. The van der Waals surface area contributed by atoms with Crippen LogP contribution in [0, 0.1) is 0 Å². The Balaban J connectivity index is 1.74. The maximum absolute atomic E-state index is 15.0. The van der Waals surface area contributed by atoms with E-state index >= 15 is 0 Å². The Kier molecular flexibility index (Phi) is 4.75. The molecule has 26 heavy (non-hydrogen) atoms. The summed E-state index contributed by atoms with van der Waals surface area (Å²) in [6.07, 6.45) is -2.95. The summed E-state index contributed by atoms with van der Waals surface area (Å²) in [6.45, 7) is 0.728. The highest BCUT2D eigenvalue weighted by Gasteiger charge is 2.55. The van der Waals surface area contributed by atoms with Crippen molar-refractivity contribution in [3.8, 4) is 0 Å². The Hall–Kier alpha value is -2.78. The summed E-state index contributed by atoms with van der Waals surface area (Å²) < 4.78 is 26.5. The van der Waals surface area contributed by atoms with Crippen molar-refractivity contribution in [3.63, 3.8) is 0 Å². The van der Waals surface area contributed by atoms with Crippen LogP contribution in [0.3, 0.4) is 0 Å². The number of aliphatic hydroxyl groups excluding tert-OH is 1. The minimum atomic E-state index is -2.30. The van der Waals surface area contributed by atoms with E-state index in [1.807, 2.05) is 0 Å². The molecule has 8 nitrogen and oxygen atoms in total. The van der Waals surface area contributed by atoms with Gasteiger partial charge in [-0.15, -0.1) is 0 Å². The molecule has 1 fully saturated rings. The van der Waals surface area contributed by atoms with Crippen LogP contribution in [0.25, 0.3) is 0 Å². The second-order valence-electron chi connectivity index (χ2n) is 6.13. The number of anilines is 1. The number of carbonyl (C=O) groups is 1. The second-order valence-corrected chi connectivity index (χ2v) is 6.13. The molecule has 1 aromatic carbocycles. The number of halogens is 1. The molecule has 138 valence electrons. The number of hydrogen-bond donors (Lipinski definition) is 2. The zero-order valence-electron chi connectivity index (χ0n) is 13.9. The summed E-state index contributed by atoms with van der Waals surface area (Å²) in [6, 6.07) is 9.54. The summed E-state index contributed by atoms with van der Waals surface area (Å²) >= 11 is 0. The van der Waals surface area contributed by atoms with E-state index in [1.165, 1.54) is 12.3 Å². The molecule has 0 radical (unpaired) electrons. The summed E-state index contributed by atoms with van der Waals surface area (Å²) in [5.74, 6) is -0.643. The zero-order valence-corrected chi connectivity index (χ0v) is 13.9. The minimum absolute atomic E-state index is 0.0151. The van der Waals surface area contributed by atoms with Gasteiger partial charge in [0.05, 0.1) is 5.56 Å². The smallest absolute Gasteiger partial charge is 0.351 e. The van der Waals surface area contributed by atoms with E-state index in [0.717, 1.165) is 11.5 Å². The van der Waals surface area contributed by atoms with Crippen LogP contribution in [-0.4, -0.2) is 45.1 Å². The Labute approximate surface area is 148 Å². The molecule has 4 atom stereocenters. The molecule has 2 unspecified atom stereocenters. The van der Waals surface area contributed by atoms with Crippen LogP contribution in [-0.2, 0) is 9.47 Å². The van der Waals surface area contributed by atoms with Crippen molar-refractivity contribution in [1.29, 1.82) is 0 Å². The molecule has 0 amide bonds. The number of hydrogen-bond acceptors (Lipinski definition) is 7. The highest BCUT2D eigenvalue weighted by atomic mass is 19.1. The lowest BCUT2D eigenvalue weighted by atomic mass is 9.98. The first-order valence-electron chi connectivity index (χ1n) is 7.90. The Morgan fingerprint density at radius 1 is 1.42 bits per heavy atom. The van der Waals surface area contributed by atoms with Crippen molar-refractivity contribution in [2.75, 3.05) is 12.3 Å². The maximum atomic E-state index is 15.0. The standard InChI is InChI=1S/C17H18FN3O5/c1-17(18)13(22)11(9-25-14(23)10-5-3-2-4-6-10)26-15(17)21-8-7-12(19)20-16(21)24/h2-8,11,13,15,22H,9H2,1H3,(H2,19,20,24)/t11-,13?,15-,17?/m1/s1. The van der Waals surface area contributed by atoms with E-state index in [4.69, 9.17) is 15.2 Å². The van der Waals surface area contributed by atoms with Crippen LogP contribution in [0.5, 0.6) is 0 Å². The van der Waals surface area contributed by atoms with E-state index in [1.54, 1.807) is 30.3 Å². The number of nitrogen functional groups attached to an aromatic ring is 1. The van der Waals surface area contributed by atoms with Crippen molar-refractivity contribution >= 4 is 11.8 Å². The normalized spacial score (nSPS) is 28.0. The third-order valence-corrected chi connectivity index (χ3v) is 4.21. The number of benzene rings is 1. The second kappa shape index (κ2) is 6.85. The molecule has 2 aromatic rings. The first-order chi connectivity index (χ1) is 12.3. The molecule has 2 heterocycles. The van der Waals surface area contributed by atoms with Crippen molar-refractivity contribution < 1.29 is 23.8 Å². The maximum Gasteiger partial charge on any atom is 0.351 e. The van der Waals surface area contributed by atoms with Gasteiger partial charge in [-0.25, -0.2) is 14.0 Å². The third kappa shape index (κ3) is 3.31. The number of esters is 1. The number of aromatic nitrogens is 2. The van der Waals surface area contributed by atoms with E-state index in [2.05, 4.69) is 4.98 Å². The molecule has 3 rings (SSSR count). The number of nitrogens with two attached hydrogens (primary N) is 1. The Morgan fingerprint density at radius 3 is 2.77 bits per heavy atom. The summed E-state index contributed by atoms with van der Waals surface area (Å²) in [4.78, 5) is 27.4.